The second kappa shape index (κ2) is 12.6. The van der Waals surface area contributed by atoms with E-state index in [0.29, 0.717) is 12.5 Å². The first-order valence-corrected chi connectivity index (χ1v) is 11.6. The van der Waals surface area contributed by atoms with Crippen LogP contribution < -0.4 is 0 Å². The molecule has 0 aromatic heterocycles. The largest absolute Gasteiger partial charge is 0.465 e. The minimum absolute atomic E-state index is 0.0551. The summed E-state index contributed by atoms with van der Waals surface area (Å²) in [5, 5.41) is 0. The number of ether oxygens (including phenoxy) is 1. The quantitative estimate of drug-likeness (QED) is 0.236. The lowest BCUT2D eigenvalue weighted by Gasteiger charge is -2.28. The maximum absolute atomic E-state index is 12.0. The lowest BCUT2D eigenvalue weighted by atomic mass is 9.78. The normalized spacial score (nSPS) is 29.8. The summed E-state index contributed by atoms with van der Waals surface area (Å²) < 4.78 is 5.39. The van der Waals surface area contributed by atoms with Crippen LogP contribution in [0.1, 0.15) is 104 Å². The van der Waals surface area contributed by atoms with E-state index in [1.165, 1.54) is 51.4 Å². The minimum Gasteiger partial charge on any atom is -0.465 e. The standard InChI is InChI=1S/C24H42O2/c1-3-5-19-26-24(25)23-17-15-22(16-18-23)10-7-6-9-21-13-11-20(8-4-2)12-14-21/h7,10,20-23H,3-6,8-9,11-19H2,1-2H3/b10-7+. The van der Waals surface area contributed by atoms with Crippen molar-refractivity contribution in [3.63, 3.8) is 0 Å². The Morgan fingerprint density at radius 1 is 0.885 bits per heavy atom. The molecule has 2 nitrogen and oxygen atoms in total. The lowest BCUT2D eigenvalue weighted by molar-refractivity contribution is -0.149. The van der Waals surface area contributed by atoms with Gasteiger partial charge in [-0.2, -0.15) is 0 Å². The van der Waals surface area contributed by atoms with Gasteiger partial charge in [-0.15, -0.1) is 0 Å². The van der Waals surface area contributed by atoms with Crippen molar-refractivity contribution in [3.05, 3.63) is 12.2 Å². The zero-order valence-corrected chi connectivity index (χ0v) is 17.4. The van der Waals surface area contributed by atoms with E-state index in [1.54, 1.807) is 0 Å². The topological polar surface area (TPSA) is 26.3 Å². The summed E-state index contributed by atoms with van der Waals surface area (Å²) >= 11 is 0. The van der Waals surface area contributed by atoms with Crippen molar-refractivity contribution < 1.29 is 9.53 Å². The average molecular weight is 363 g/mol. The molecule has 0 saturated heterocycles. The Kier molecular flexibility index (Phi) is 10.4. The first kappa shape index (κ1) is 21.5. The molecule has 0 N–H and O–H groups in total. The van der Waals surface area contributed by atoms with Crippen LogP contribution in [0.2, 0.25) is 0 Å². The van der Waals surface area contributed by atoms with Gasteiger partial charge in [0, 0.05) is 0 Å². The Balaban J connectivity index is 1.54. The molecule has 2 fully saturated rings. The van der Waals surface area contributed by atoms with Crippen LogP contribution in [0, 0.1) is 23.7 Å². The molecule has 150 valence electrons. The zero-order chi connectivity index (χ0) is 18.6. The van der Waals surface area contributed by atoms with Gasteiger partial charge in [-0.25, -0.2) is 0 Å². The molecule has 2 rings (SSSR count). The van der Waals surface area contributed by atoms with Gasteiger partial charge in [0.2, 0.25) is 0 Å². The lowest BCUT2D eigenvalue weighted by Crippen LogP contribution is -2.23. The Hall–Kier alpha value is -0.790. The smallest absolute Gasteiger partial charge is 0.308 e. The summed E-state index contributed by atoms with van der Waals surface area (Å²) in [4.78, 5) is 12.0. The van der Waals surface area contributed by atoms with Crippen LogP contribution in [-0.2, 0) is 9.53 Å². The number of carbonyl (C=O) groups is 1. The molecule has 0 aromatic rings. The van der Waals surface area contributed by atoms with Gasteiger partial charge < -0.3 is 4.74 Å². The minimum atomic E-state index is 0.0551. The summed E-state index contributed by atoms with van der Waals surface area (Å²) in [6.07, 6.45) is 22.6. The number of unbranched alkanes of at least 4 members (excludes halogenated alkanes) is 1. The fourth-order valence-electron chi connectivity index (χ4n) is 4.82. The van der Waals surface area contributed by atoms with Gasteiger partial charge in [-0.05, 0) is 62.7 Å². The van der Waals surface area contributed by atoms with Gasteiger partial charge in [-0.1, -0.05) is 70.9 Å². The number of esters is 1. The Morgan fingerprint density at radius 2 is 1.54 bits per heavy atom. The molecule has 2 aliphatic carbocycles. The van der Waals surface area contributed by atoms with Crippen LogP contribution in [0.25, 0.3) is 0 Å². The Bertz CT molecular complexity index is 398. The van der Waals surface area contributed by atoms with Gasteiger partial charge in [-0.3, -0.25) is 4.79 Å². The molecule has 0 bridgehead atoms. The Labute approximate surface area is 162 Å². The monoisotopic (exact) mass is 362 g/mol. The summed E-state index contributed by atoms with van der Waals surface area (Å²) in [5.41, 5.74) is 0. The zero-order valence-electron chi connectivity index (χ0n) is 17.4. The number of carbonyl (C=O) groups excluding carboxylic acids is 1. The van der Waals surface area contributed by atoms with Crippen molar-refractivity contribution in [1.82, 2.24) is 0 Å². The molecule has 26 heavy (non-hydrogen) atoms. The summed E-state index contributed by atoms with van der Waals surface area (Å²) in [7, 11) is 0. The SMILES string of the molecule is CCCCOC(=O)C1CCC(/C=C/CCC2CCC(CCC)CC2)CC1. The average Bonchev–Trinajstić information content (AvgIpc) is 2.67. The van der Waals surface area contributed by atoms with Gasteiger partial charge in [0.05, 0.1) is 12.5 Å². The van der Waals surface area contributed by atoms with Crippen molar-refractivity contribution in [3.8, 4) is 0 Å². The maximum Gasteiger partial charge on any atom is 0.308 e. The highest BCUT2D eigenvalue weighted by Gasteiger charge is 2.26. The van der Waals surface area contributed by atoms with E-state index >= 15 is 0 Å². The van der Waals surface area contributed by atoms with Crippen LogP contribution in [0.3, 0.4) is 0 Å². The second-order valence-corrected chi connectivity index (χ2v) is 8.81. The maximum atomic E-state index is 12.0. The molecular formula is C24H42O2. The predicted molar refractivity (Wildman–Crippen MR) is 110 cm³/mol. The van der Waals surface area contributed by atoms with Crippen LogP contribution in [0.15, 0.2) is 12.2 Å². The van der Waals surface area contributed by atoms with E-state index in [1.807, 2.05) is 0 Å². The number of hydrogen-bond donors (Lipinski definition) is 0. The fourth-order valence-corrected chi connectivity index (χ4v) is 4.82. The first-order valence-electron chi connectivity index (χ1n) is 11.6. The molecule has 0 unspecified atom stereocenters. The fraction of sp³-hybridized carbons (Fsp3) is 0.875. The molecule has 0 amide bonds. The van der Waals surface area contributed by atoms with Gasteiger partial charge in [0.1, 0.15) is 0 Å². The highest BCUT2D eigenvalue weighted by atomic mass is 16.5. The molecule has 0 radical (unpaired) electrons. The van der Waals surface area contributed by atoms with Crippen molar-refractivity contribution in [2.24, 2.45) is 23.7 Å². The van der Waals surface area contributed by atoms with E-state index in [9.17, 15) is 4.79 Å². The van der Waals surface area contributed by atoms with Crippen LogP contribution in [-0.4, -0.2) is 12.6 Å². The van der Waals surface area contributed by atoms with Crippen molar-refractivity contribution in [2.75, 3.05) is 6.61 Å². The molecule has 0 aromatic carbocycles. The summed E-state index contributed by atoms with van der Waals surface area (Å²) in [5.74, 6) is 2.90. The second-order valence-electron chi connectivity index (χ2n) is 8.81. The predicted octanol–water partition coefficient (Wildman–Crippen LogP) is 7.08. The highest BCUT2D eigenvalue weighted by Crippen LogP contribution is 2.34. The van der Waals surface area contributed by atoms with Crippen molar-refractivity contribution in [1.29, 1.82) is 0 Å². The Morgan fingerprint density at radius 3 is 2.15 bits per heavy atom. The van der Waals surface area contributed by atoms with Crippen LogP contribution in [0.4, 0.5) is 0 Å². The molecule has 0 aliphatic heterocycles. The third-order valence-electron chi connectivity index (χ3n) is 6.66. The van der Waals surface area contributed by atoms with E-state index in [0.717, 1.165) is 50.4 Å². The van der Waals surface area contributed by atoms with E-state index in [4.69, 9.17) is 4.74 Å². The van der Waals surface area contributed by atoms with Gasteiger partial charge in [0.15, 0.2) is 0 Å². The van der Waals surface area contributed by atoms with Crippen LogP contribution in [0.5, 0.6) is 0 Å². The number of hydrogen-bond acceptors (Lipinski definition) is 2. The third kappa shape index (κ3) is 7.84. The van der Waals surface area contributed by atoms with Crippen LogP contribution >= 0.6 is 0 Å². The molecule has 2 aliphatic rings. The summed E-state index contributed by atoms with van der Waals surface area (Å²) in [6.45, 7) is 5.05. The molecule has 0 atom stereocenters. The molecule has 0 heterocycles. The van der Waals surface area contributed by atoms with Crippen molar-refractivity contribution >= 4 is 5.97 Å². The number of allylic oxidation sites excluding steroid dienone is 2. The third-order valence-corrected chi connectivity index (χ3v) is 6.66. The molecular weight excluding hydrogens is 320 g/mol. The number of rotatable bonds is 10. The van der Waals surface area contributed by atoms with E-state index < -0.39 is 0 Å². The van der Waals surface area contributed by atoms with E-state index in [2.05, 4.69) is 26.0 Å². The van der Waals surface area contributed by atoms with E-state index in [-0.39, 0.29) is 11.9 Å². The molecule has 2 heteroatoms. The molecule has 0 spiro atoms. The highest BCUT2D eigenvalue weighted by molar-refractivity contribution is 5.72. The molecule has 2 saturated carbocycles. The van der Waals surface area contributed by atoms with Crippen molar-refractivity contribution in [2.45, 2.75) is 104 Å². The first-order chi connectivity index (χ1) is 12.7. The summed E-state index contributed by atoms with van der Waals surface area (Å²) in [6, 6.07) is 0. The van der Waals surface area contributed by atoms with Gasteiger partial charge >= 0.3 is 5.97 Å². The van der Waals surface area contributed by atoms with Gasteiger partial charge in [0.25, 0.3) is 0 Å².